The highest BCUT2D eigenvalue weighted by molar-refractivity contribution is 6.35. The summed E-state index contributed by atoms with van der Waals surface area (Å²) >= 11 is 12.3. The molecule has 1 fully saturated rings. The Hall–Kier alpha value is -2.80. The molecule has 4 rings (SSSR count). The summed E-state index contributed by atoms with van der Waals surface area (Å²) in [6.45, 7) is 6.78. The second-order valence-electron chi connectivity index (χ2n) is 8.33. The van der Waals surface area contributed by atoms with Gasteiger partial charge in [-0.05, 0) is 55.6 Å². The number of rotatable bonds is 7. The van der Waals surface area contributed by atoms with Crippen LogP contribution in [0.15, 0.2) is 70.7 Å². The van der Waals surface area contributed by atoms with E-state index in [1.54, 1.807) is 12.1 Å². The number of piperidine rings is 1. The van der Waals surface area contributed by atoms with Gasteiger partial charge in [-0.3, -0.25) is 4.79 Å². The normalized spacial score (nSPS) is 17.3. The van der Waals surface area contributed by atoms with E-state index in [-0.39, 0.29) is 11.5 Å². The van der Waals surface area contributed by atoms with Crippen LogP contribution in [-0.4, -0.2) is 35.4 Å². The number of aromatic amines is 1. The minimum atomic E-state index is -0.160. The number of nitrogens with one attached hydrogen (secondary N) is 2. The van der Waals surface area contributed by atoms with Crippen molar-refractivity contribution in [3.05, 3.63) is 86.9 Å². The van der Waals surface area contributed by atoms with E-state index < -0.39 is 0 Å². The lowest BCUT2D eigenvalue weighted by atomic mass is 9.96. The Labute approximate surface area is 203 Å². The first-order valence-corrected chi connectivity index (χ1v) is 11.7. The molecule has 6 nitrogen and oxygen atoms in total. The summed E-state index contributed by atoms with van der Waals surface area (Å²) < 4.78 is 0. The molecule has 1 aromatic heterocycles. The molecule has 33 heavy (non-hydrogen) atoms. The third kappa shape index (κ3) is 5.96. The summed E-state index contributed by atoms with van der Waals surface area (Å²) in [6, 6.07) is 14.7. The van der Waals surface area contributed by atoms with Crippen molar-refractivity contribution in [3.8, 4) is 0 Å². The van der Waals surface area contributed by atoms with E-state index in [0.29, 0.717) is 27.2 Å². The minimum absolute atomic E-state index is 0.158. The van der Waals surface area contributed by atoms with Crippen LogP contribution in [0.5, 0.6) is 0 Å². The quantitative estimate of drug-likeness (QED) is 0.324. The van der Waals surface area contributed by atoms with Crippen LogP contribution in [0.3, 0.4) is 0 Å². The summed E-state index contributed by atoms with van der Waals surface area (Å²) in [7, 11) is 0. The number of hydrogen-bond donors (Lipinski definition) is 3. The molecule has 8 heteroatoms. The van der Waals surface area contributed by atoms with E-state index >= 15 is 0 Å². The van der Waals surface area contributed by atoms with Gasteiger partial charge in [0.15, 0.2) is 0 Å². The molecule has 0 radical (unpaired) electrons. The number of para-hydroxylation sites is 1. The van der Waals surface area contributed by atoms with Crippen LogP contribution in [0.4, 0.5) is 5.69 Å². The number of nitrogens with zero attached hydrogens (tertiary/aromatic N) is 2. The van der Waals surface area contributed by atoms with Crippen molar-refractivity contribution in [2.75, 3.05) is 25.0 Å². The first-order valence-electron chi connectivity index (χ1n) is 11.0. The highest BCUT2D eigenvalue weighted by Crippen LogP contribution is 2.24. The van der Waals surface area contributed by atoms with Crippen LogP contribution in [-0.2, 0) is 6.42 Å². The van der Waals surface area contributed by atoms with Gasteiger partial charge in [-0.2, -0.15) is 0 Å². The van der Waals surface area contributed by atoms with Crippen molar-refractivity contribution in [2.24, 2.45) is 16.6 Å². The van der Waals surface area contributed by atoms with Crippen LogP contribution in [0.25, 0.3) is 10.9 Å². The van der Waals surface area contributed by atoms with Crippen LogP contribution in [0, 0.1) is 5.92 Å². The van der Waals surface area contributed by atoms with Gasteiger partial charge in [0.25, 0.3) is 0 Å². The first kappa shape index (κ1) is 23.4. The van der Waals surface area contributed by atoms with Gasteiger partial charge in [-0.25, -0.2) is 4.99 Å². The van der Waals surface area contributed by atoms with E-state index in [2.05, 4.69) is 26.8 Å². The molecule has 0 amide bonds. The molecule has 172 valence electrons. The van der Waals surface area contributed by atoms with Crippen molar-refractivity contribution in [1.82, 2.24) is 9.88 Å². The van der Waals surface area contributed by atoms with Gasteiger partial charge in [0.1, 0.15) is 11.7 Å². The van der Waals surface area contributed by atoms with Gasteiger partial charge in [-0.15, -0.1) is 0 Å². The number of fused-ring (bicyclic) bond motifs is 1. The van der Waals surface area contributed by atoms with Crippen LogP contribution in [0.1, 0.15) is 18.4 Å². The van der Waals surface area contributed by atoms with Crippen molar-refractivity contribution in [1.29, 1.82) is 0 Å². The Morgan fingerprint density at radius 1 is 1.24 bits per heavy atom. The van der Waals surface area contributed by atoms with E-state index in [0.717, 1.165) is 55.5 Å². The van der Waals surface area contributed by atoms with Gasteiger partial charge >= 0.3 is 0 Å². The van der Waals surface area contributed by atoms with Gasteiger partial charge in [0.05, 0.1) is 11.2 Å². The van der Waals surface area contributed by atoms with E-state index in [1.165, 1.54) is 6.07 Å². The maximum atomic E-state index is 11.7. The number of nitrogens with two attached hydrogens (primary N) is 1. The number of amidine groups is 1. The topological polar surface area (TPSA) is 86.5 Å². The molecule has 4 N–H and O–H groups in total. The van der Waals surface area contributed by atoms with E-state index in [4.69, 9.17) is 28.9 Å². The van der Waals surface area contributed by atoms with Crippen LogP contribution < -0.4 is 16.6 Å². The second kappa shape index (κ2) is 10.4. The number of likely N-dealkylation sites (tertiary alicyclic amines) is 1. The molecule has 0 saturated carbocycles. The molecule has 0 aliphatic carbocycles. The molecule has 3 aromatic rings. The Bertz CT molecular complexity index is 1250. The fourth-order valence-electron chi connectivity index (χ4n) is 4.22. The number of H-pyrrole nitrogens is 1. The second-order valence-corrected chi connectivity index (χ2v) is 9.17. The summed E-state index contributed by atoms with van der Waals surface area (Å²) in [6.07, 6.45) is 2.90. The lowest BCUT2D eigenvalue weighted by Gasteiger charge is -2.32. The predicted molar refractivity (Wildman–Crippen MR) is 138 cm³/mol. The smallest absolute Gasteiger partial charge is 0.248 e. The molecule has 1 aliphatic heterocycles. The van der Waals surface area contributed by atoms with Crippen molar-refractivity contribution >= 4 is 45.6 Å². The van der Waals surface area contributed by atoms with Crippen molar-refractivity contribution < 1.29 is 0 Å². The highest BCUT2D eigenvalue weighted by atomic mass is 35.5. The summed E-state index contributed by atoms with van der Waals surface area (Å²) in [5.74, 6) is 1.16. The molecular weight excluding hydrogens is 457 g/mol. The molecular formula is C25H27Cl2N5O. The zero-order valence-corrected chi connectivity index (χ0v) is 19.8. The number of aliphatic imine (C=N–C) groups is 1. The Balaban J connectivity index is 1.38. The number of anilines is 1. The largest absolute Gasteiger partial charge is 0.387 e. The van der Waals surface area contributed by atoms with Gasteiger partial charge in [-0.1, -0.05) is 48.0 Å². The standard InChI is InChI=1S/C25H27Cl2N5O/c1-16(29-22-6-2-4-18-8-10-23(33)31-24(18)22)30-25(28)19-5-3-12-32(15-19)13-11-17-7-9-20(26)14-21(17)27/h2,4,6-10,14,19,29H,1,3,5,11-13,15H2,(H2,28,30)(H,31,33). The molecule has 1 aliphatic rings. The lowest BCUT2D eigenvalue weighted by molar-refractivity contribution is 0.206. The lowest BCUT2D eigenvalue weighted by Crippen LogP contribution is -2.42. The SMILES string of the molecule is C=C(/N=C(\N)C1CCCN(CCc2ccc(Cl)cc2Cl)C1)Nc1cccc2ccc(=O)[nH]c12. The number of benzene rings is 2. The van der Waals surface area contributed by atoms with Crippen LogP contribution >= 0.6 is 23.2 Å². The zero-order chi connectivity index (χ0) is 23.4. The zero-order valence-electron chi connectivity index (χ0n) is 18.3. The average Bonchev–Trinajstić information content (AvgIpc) is 2.79. The summed E-state index contributed by atoms with van der Waals surface area (Å²) in [5, 5.41) is 5.45. The highest BCUT2D eigenvalue weighted by Gasteiger charge is 2.23. The molecule has 0 bridgehead atoms. The molecule has 0 spiro atoms. The predicted octanol–water partition coefficient (Wildman–Crippen LogP) is 5.03. The first-order chi connectivity index (χ1) is 15.9. The van der Waals surface area contributed by atoms with E-state index in [9.17, 15) is 4.79 Å². The molecule has 1 saturated heterocycles. The number of pyridine rings is 1. The monoisotopic (exact) mass is 483 g/mol. The van der Waals surface area contributed by atoms with E-state index in [1.807, 2.05) is 30.3 Å². The molecule has 2 heterocycles. The van der Waals surface area contributed by atoms with Crippen molar-refractivity contribution in [3.63, 3.8) is 0 Å². The fourth-order valence-corrected chi connectivity index (χ4v) is 4.72. The number of aromatic nitrogens is 1. The third-order valence-corrected chi connectivity index (χ3v) is 6.53. The Morgan fingerprint density at radius 3 is 2.91 bits per heavy atom. The Kier molecular flexibility index (Phi) is 7.38. The summed E-state index contributed by atoms with van der Waals surface area (Å²) in [4.78, 5) is 21.5. The molecule has 1 atom stereocenters. The molecule has 1 unspecified atom stereocenters. The Morgan fingerprint density at radius 2 is 2.09 bits per heavy atom. The summed E-state index contributed by atoms with van der Waals surface area (Å²) in [5.41, 5.74) is 8.76. The fraction of sp³-hybridized carbons (Fsp3) is 0.280. The van der Waals surface area contributed by atoms with Gasteiger partial charge < -0.3 is 20.9 Å². The average molecular weight is 484 g/mol. The van der Waals surface area contributed by atoms with Gasteiger partial charge in [0.2, 0.25) is 5.56 Å². The molecule has 2 aromatic carbocycles. The maximum absolute atomic E-state index is 11.7. The van der Waals surface area contributed by atoms with Crippen molar-refractivity contribution in [2.45, 2.75) is 19.3 Å². The van der Waals surface area contributed by atoms with Crippen LogP contribution in [0.2, 0.25) is 10.0 Å². The van der Waals surface area contributed by atoms with Gasteiger partial charge in [0, 0.05) is 40.5 Å². The number of hydrogen-bond acceptors (Lipinski definition) is 4. The number of halogens is 2. The third-order valence-electron chi connectivity index (χ3n) is 5.94. The minimum Gasteiger partial charge on any atom is -0.387 e. The maximum Gasteiger partial charge on any atom is 0.248 e.